The van der Waals surface area contributed by atoms with Gasteiger partial charge in [-0.15, -0.1) is 0 Å². The molecule has 2 N–H and O–H groups in total. The third kappa shape index (κ3) is 5.01. The Balaban J connectivity index is 1.48. The molecular formula is C22H23N3O3. The second-order valence-electron chi connectivity index (χ2n) is 6.47. The summed E-state index contributed by atoms with van der Waals surface area (Å²) < 4.78 is 7.23. The fourth-order valence-corrected chi connectivity index (χ4v) is 2.71. The Hall–Kier alpha value is -3.54. The minimum atomic E-state index is -0.213. The van der Waals surface area contributed by atoms with Crippen LogP contribution in [0.4, 0.5) is 0 Å². The Morgan fingerprint density at radius 2 is 1.54 bits per heavy atom. The quantitative estimate of drug-likeness (QED) is 0.664. The van der Waals surface area contributed by atoms with Crippen molar-refractivity contribution < 1.29 is 14.3 Å². The van der Waals surface area contributed by atoms with Gasteiger partial charge in [0.25, 0.3) is 11.8 Å². The van der Waals surface area contributed by atoms with Crippen LogP contribution in [0, 0.1) is 13.8 Å². The zero-order valence-electron chi connectivity index (χ0n) is 15.9. The summed E-state index contributed by atoms with van der Waals surface area (Å²) in [6.45, 7) is 4.22. The fourth-order valence-electron chi connectivity index (χ4n) is 2.71. The number of aromatic nitrogens is 1. The monoisotopic (exact) mass is 377 g/mol. The molecule has 144 valence electrons. The first kappa shape index (κ1) is 19.2. The van der Waals surface area contributed by atoms with Crippen molar-refractivity contribution in [1.29, 1.82) is 0 Å². The van der Waals surface area contributed by atoms with E-state index in [0.29, 0.717) is 17.9 Å². The van der Waals surface area contributed by atoms with Gasteiger partial charge in [0.1, 0.15) is 5.75 Å². The number of aryl methyl sites for hydroxylation is 2. The first-order valence-corrected chi connectivity index (χ1v) is 9.03. The van der Waals surface area contributed by atoms with Gasteiger partial charge in [0.2, 0.25) is 0 Å². The molecule has 0 aliphatic rings. The Morgan fingerprint density at radius 3 is 2.18 bits per heavy atom. The molecule has 0 spiro atoms. The zero-order chi connectivity index (χ0) is 19.9. The molecule has 0 radical (unpaired) electrons. The van der Waals surface area contributed by atoms with Crippen LogP contribution in [0.1, 0.15) is 27.3 Å². The highest BCUT2D eigenvalue weighted by Gasteiger charge is 2.09. The summed E-state index contributed by atoms with van der Waals surface area (Å²) in [5, 5.41) is 2.80. The molecule has 2 aromatic carbocycles. The Bertz CT molecular complexity index is 927. The number of hydrogen-bond acceptors (Lipinski definition) is 3. The van der Waals surface area contributed by atoms with E-state index >= 15 is 0 Å². The summed E-state index contributed by atoms with van der Waals surface area (Å²) in [5.74, 6) is 0.110. The minimum absolute atomic E-state index is 0.0832. The van der Waals surface area contributed by atoms with E-state index in [2.05, 4.69) is 10.7 Å². The highest BCUT2D eigenvalue weighted by atomic mass is 16.5. The minimum Gasteiger partial charge on any atom is -0.484 e. The van der Waals surface area contributed by atoms with Gasteiger partial charge in [-0.3, -0.25) is 19.7 Å². The average Bonchev–Trinajstić information content (AvgIpc) is 3.04. The van der Waals surface area contributed by atoms with Gasteiger partial charge in [-0.05, 0) is 55.8 Å². The molecule has 0 bridgehead atoms. The molecule has 28 heavy (non-hydrogen) atoms. The van der Waals surface area contributed by atoms with Crippen molar-refractivity contribution >= 4 is 11.8 Å². The fraction of sp³-hybridized carbons (Fsp3) is 0.182. The summed E-state index contributed by atoms with van der Waals surface area (Å²) in [7, 11) is 0. The van der Waals surface area contributed by atoms with E-state index in [-0.39, 0.29) is 18.4 Å². The van der Waals surface area contributed by atoms with Crippen LogP contribution in [-0.4, -0.2) is 23.1 Å². The molecule has 0 saturated carbocycles. The van der Waals surface area contributed by atoms with Crippen molar-refractivity contribution in [3.05, 3.63) is 89.2 Å². The van der Waals surface area contributed by atoms with E-state index in [0.717, 1.165) is 17.0 Å². The van der Waals surface area contributed by atoms with Gasteiger partial charge in [-0.1, -0.05) is 30.3 Å². The van der Waals surface area contributed by atoms with Gasteiger partial charge >= 0.3 is 0 Å². The standard InChI is InChI=1S/C22H23N3O3/c1-16-8-9-17(2)25(16)24-22(27)19-10-12-20(13-11-19)28-15-21(26)23-14-18-6-4-3-5-7-18/h3-13H,14-15H2,1-2H3,(H,23,26)(H,24,27). The van der Waals surface area contributed by atoms with Gasteiger partial charge in [-0.2, -0.15) is 0 Å². The van der Waals surface area contributed by atoms with Crippen molar-refractivity contribution in [2.75, 3.05) is 12.0 Å². The van der Waals surface area contributed by atoms with E-state index in [9.17, 15) is 9.59 Å². The van der Waals surface area contributed by atoms with Crippen LogP contribution in [0.25, 0.3) is 0 Å². The summed E-state index contributed by atoms with van der Waals surface area (Å²) in [4.78, 5) is 24.3. The molecule has 1 aromatic heterocycles. The molecule has 0 aliphatic carbocycles. The predicted molar refractivity (Wildman–Crippen MR) is 108 cm³/mol. The number of carbonyl (C=O) groups is 2. The van der Waals surface area contributed by atoms with E-state index in [1.807, 2.05) is 56.3 Å². The Kier molecular flexibility index (Phi) is 6.11. The van der Waals surface area contributed by atoms with Crippen molar-refractivity contribution in [1.82, 2.24) is 9.99 Å². The van der Waals surface area contributed by atoms with Gasteiger partial charge < -0.3 is 10.1 Å². The summed E-state index contributed by atoms with van der Waals surface area (Å²) >= 11 is 0. The van der Waals surface area contributed by atoms with Crippen molar-refractivity contribution in [2.24, 2.45) is 0 Å². The molecule has 0 aliphatic heterocycles. The molecule has 0 unspecified atom stereocenters. The van der Waals surface area contributed by atoms with Crippen LogP contribution in [0.3, 0.4) is 0 Å². The van der Waals surface area contributed by atoms with Crippen LogP contribution in [-0.2, 0) is 11.3 Å². The zero-order valence-corrected chi connectivity index (χ0v) is 15.9. The van der Waals surface area contributed by atoms with Gasteiger partial charge in [0.05, 0.1) is 0 Å². The van der Waals surface area contributed by atoms with Crippen molar-refractivity contribution in [3.63, 3.8) is 0 Å². The molecule has 3 rings (SSSR count). The maximum Gasteiger partial charge on any atom is 0.270 e. The topological polar surface area (TPSA) is 72.4 Å². The van der Waals surface area contributed by atoms with Gasteiger partial charge in [0.15, 0.2) is 6.61 Å². The van der Waals surface area contributed by atoms with Crippen LogP contribution < -0.4 is 15.5 Å². The number of amides is 2. The number of ether oxygens (including phenoxy) is 1. The lowest BCUT2D eigenvalue weighted by Crippen LogP contribution is -2.28. The van der Waals surface area contributed by atoms with E-state index in [4.69, 9.17) is 4.74 Å². The number of benzene rings is 2. The van der Waals surface area contributed by atoms with E-state index in [1.54, 1.807) is 28.9 Å². The molecular weight excluding hydrogens is 354 g/mol. The predicted octanol–water partition coefficient (Wildman–Crippen LogP) is 3.18. The number of carbonyl (C=O) groups excluding carboxylic acids is 2. The second-order valence-corrected chi connectivity index (χ2v) is 6.47. The average molecular weight is 377 g/mol. The lowest BCUT2D eigenvalue weighted by Gasteiger charge is -2.12. The molecule has 2 amide bonds. The third-order valence-corrected chi connectivity index (χ3v) is 4.30. The van der Waals surface area contributed by atoms with Crippen molar-refractivity contribution in [2.45, 2.75) is 20.4 Å². The number of rotatable bonds is 7. The molecule has 0 saturated heterocycles. The Morgan fingerprint density at radius 1 is 0.893 bits per heavy atom. The van der Waals surface area contributed by atoms with Gasteiger partial charge in [-0.25, -0.2) is 0 Å². The lowest BCUT2D eigenvalue weighted by molar-refractivity contribution is -0.123. The smallest absolute Gasteiger partial charge is 0.270 e. The SMILES string of the molecule is Cc1ccc(C)n1NC(=O)c1ccc(OCC(=O)NCc2ccccc2)cc1. The highest BCUT2D eigenvalue weighted by molar-refractivity contribution is 6.00. The van der Waals surface area contributed by atoms with Crippen LogP contribution in [0.5, 0.6) is 5.75 Å². The molecule has 0 fully saturated rings. The van der Waals surface area contributed by atoms with Crippen LogP contribution >= 0.6 is 0 Å². The number of nitrogens with zero attached hydrogens (tertiary/aromatic N) is 1. The summed E-state index contributed by atoms with van der Waals surface area (Å²) in [6.07, 6.45) is 0. The molecule has 0 atom stereocenters. The lowest BCUT2D eigenvalue weighted by atomic mass is 10.2. The first-order valence-electron chi connectivity index (χ1n) is 9.03. The molecule has 6 heteroatoms. The normalized spacial score (nSPS) is 10.4. The van der Waals surface area contributed by atoms with Crippen LogP contribution in [0.2, 0.25) is 0 Å². The second kappa shape index (κ2) is 8.90. The summed E-state index contributed by atoms with van der Waals surface area (Å²) in [6, 6.07) is 20.2. The first-order chi connectivity index (χ1) is 13.5. The maximum absolute atomic E-state index is 12.4. The largest absolute Gasteiger partial charge is 0.484 e. The van der Waals surface area contributed by atoms with Crippen molar-refractivity contribution in [3.8, 4) is 5.75 Å². The maximum atomic E-state index is 12.4. The summed E-state index contributed by atoms with van der Waals surface area (Å²) in [5.41, 5.74) is 6.29. The van der Waals surface area contributed by atoms with E-state index in [1.165, 1.54) is 0 Å². The van der Waals surface area contributed by atoms with E-state index < -0.39 is 0 Å². The Labute approximate surface area is 164 Å². The van der Waals surface area contributed by atoms with Gasteiger partial charge in [0, 0.05) is 23.5 Å². The number of nitrogens with one attached hydrogen (secondary N) is 2. The molecule has 1 heterocycles. The molecule has 6 nitrogen and oxygen atoms in total. The third-order valence-electron chi connectivity index (χ3n) is 4.30. The number of hydrogen-bond donors (Lipinski definition) is 2. The highest BCUT2D eigenvalue weighted by Crippen LogP contribution is 2.13. The molecule has 3 aromatic rings. The van der Waals surface area contributed by atoms with Crippen LogP contribution in [0.15, 0.2) is 66.7 Å².